The van der Waals surface area contributed by atoms with Gasteiger partial charge in [0.1, 0.15) is 24.7 Å². The molecule has 0 radical (unpaired) electrons. The van der Waals surface area contributed by atoms with Crippen molar-refractivity contribution >= 4 is 23.1 Å². The van der Waals surface area contributed by atoms with Crippen molar-refractivity contribution in [2.24, 2.45) is 0 Å². The Morgan fingerprint density at radius 2 is 1.45 bits per heavy atom. The third-order valence-corrected chi connectivity index (χ3v) is 4.45. The van der Waals surface area contributed by atoms with Crippen molar-refractivity contribution in [3.63, 3.8) is 0 Å². The number of hydrogen-bond acceptors (Lipinski definition) is 6. The maximum absolute atomic E-state index is 12.1. The summed E-state index contributed by atoms with van der Waals surface area (Å²) in [6.45, 7) is 9.14. The zero-order valence-corrected chi connectivity index (χ0v) is 16.2. The van der Waals surface area contributed by atoms with Crippen molar-refractivity contribution in [3.8, 4) is 11.5 Å². The van der Waals surface area contributed by atoms with E-state index in [0.717, 1.165) is 16.7 Å². The highest BCUT2D eigenvalue weighted by molar-refractivity contribution is 5.98. The molecule has 6 heteroatoms. The molecule has 0 spiro atoms. The van der Waals surface area contributed by atoms with Crippen molar-refractivity contribution in [2.45, 2.75) is 19.8 Å². The standard InChI is InChI=1S/C23H22O6/c1-4-12-26-22(24)28-20-16-8-6-7-9-17(16)21(29-23(25)27-13-5-2)19-14-15(3)10-11-18(19)20/h4-10H,1-2,11-14H2,3H3. The number of carbonyl (C=O) groups excluding carboxylic acids is 2. The molecule has 0 unspecified atom stereocenters. The minimum absolute atomic E-state index is 0.0498. The van der Waals surface area contributed by atoms with Gasteiger partial charge in [0, 0.05) is 21.9 Å². The zero-order chi connectivity index (χ0) is 20.8. The molecule has 0 N–H and O–H groups in total. The molecule has 0 amide bonds. The first-order valence-corrected chi connectivity index (χ1v) is 9.18. The van der Waals surface area contributed by atoms with Crippen LogP contribution in [0.2, 0.25) is 0 Å². The molecule has 6 nitrogen and oxygen atoms in total. The average molecular weight is 394 g/mol. The first-order chi connectivity index (χ1) is 14.0. The Bertz CT molecular complexity index is 1000. The maximum Gasteiger partial charge on any atom is 0.514 e. The monoisotopic (exact) mass is 394 g/mol. The summed E-state index contributed by atoms with van der Waals surface area (Å²) in [5.41, 5.74) is 2.68. The molecule has 29 heavy (non-hydrogen) atoms. The Morgan fingerprint density at radius 1 is 0.931 bits per heavy atom. The third kappa shape index (κ3) is 4.48. The lowest BCUT2D eigenvalue weighted by atomic mass is 9.87. The second kappa shape index (κ2) is 9.10. The fourth-order valence-electron chi connectivity index (χ4n) is 3.22. The predicted octanol–water partition coefficient (Wildman–Crippen LogP) is 5.29. The number of carbonyl (C=O) groups is 2. The van der Waals surface area contributed by atoms with Gasteiger partial charge >= 0.3 is 12.3 Å². The molecule has 0 bridgehead atoms. The molecule has 1 aliphatic rings. The van der Waals surface area contributed by atoms with Crippen molar-refractivity contribution in [2.75, 3.05) is 13.2 Å². The van der Waals surface area contributed by atoms with Crippen LogP contribution in [0.3, 0.4) is 0 Å². The van der Waals surface area contributed by atoms with Gasteiger partial charge in [0.15, 0.2) is 0 Å². The molecule has 0 atom stereocenters. The summed E-state index contributed by atoms with van der Waals surface area (Å²) >= 11 is 0. The maximum atomic E-state index is 12.1. The second-order valence-corrected chi connectivity index (χ2v) is 6.50. The van der Waals surface area contributed by atoms with Gasteiger partial charge in [-0.25, -0.2) is 9.59 Å². The topological polar surface area (TPSA) is 71.1 Å². The molecule has 0 fully saturated rings. The molecular weight excluding hydrogens is 372 g/mol. The van der Waals surface area contributed by atoms with Crippen LogP contribution < -0.4 is 9.47 Å². The quantitative estimate of drug-likeness (QED) is 0.377. The van der Waals surface area contributed by atoms with Crippen LogP contribution >= 0.6 is 0 Å². The predicted molar refractivity (Wildman–Crippen MR) is 109 cm³/mol. The Hall–Kier alpha value is -3.54. The lowest BCUT2D eigenvalue weighted by Gasteiger charge is -2.23. The number of ether oxygens (including phenoxy) is 4. The van der Waals surface area contributed by atoms with E-state index in [1.807, 2.05) is 19.1 Å². The Balaban J connectivity index is 2.12. The highest BCUT2D eigenvalue weighted by Gasteiger charge is 2.26. The molecule has 0 heterocycles. The van der Waals surface area contributed by atoms with Crippen LogP contribution in [-0.4, -0.2) is 25.5 Å². The van der Waals surface area contributed by atoms with E-state index >= 15 is 0 Å². The minimum Gasteiger partial charge on any atom is -0.430 e. The first-order valence-electron chi connectivity index (χ1n) is 9.18. The first kappa shape index (κ1) is 20.2. The van der Waals surface area contributed by atoms with Gasteiger partial charge < -0.3 is 18.9 Å². The summed E-state index contributed by atoms with van der Waals surface area (Å²) in [6.07, 6.45) is 4.45. The molecule has 1 aliphatic carbocycles. The minimum atomic E-state index is -0.817. The van der Waals surface area contributed by atoms with E-state index < -0.39 is 12.3 Å². The SMILES string of the molecule is C=CCOC(=O)Oc1c2c(c(OC(=O)OCC=C)c3ccccc13)CC(C)=CC2. The van der Waals surface area contributed by atoms with E-state index in [-0.39, 0.29) is 13.2 Å². The van der Waals surface area contributed by atoms with Crippen LogP contribution in [-0.2, 0) is 22.3 Å². The highest BCUT2D eigenvalue weighted by atomic mass is 16.7. The zero-order valence-electron chi connectivity index (χ0n) is 16.2. The number of rotatable bonds is 6. The number of allylic oxidation sites excluding steroid dienone is 2. The summed E-state index contributed by atoms with van der Waals surface area (Å²) in [5, 5.41) is 1.28. The summed E-state index contributed by atoms with van der Waals surface area (Å²) in [7, 11) is 0. The van der Waals surface area contributed by atoms with Gasteiger partial charge in [0.25, 0.3) is 0 Å². The molecule has 3 rings (SSSR count). The van der Waals surface area contributed by atoms with E-state index in [2.05, 4.69) is 19.2 Å². The van der Waals surface area contributed by atoms with Crippen molar-refractivity contribution < 1.29 is 28.5 Å². The van der Waals surface area contributed by atoms with E-state index in [1.54, 1.807) is 12.1 Å². The van der Waals surface area contributed by atoms with E-state index in [9.17, 15) is 9.59 Å². The van der Waals surface area contributed by atoms with Crippen molar-refractivity contribution in [1.82, 2.24) is 0 Å². The van der Waals surface area contributed by atoms with Crippen molar-refractivity contribution in [1.29, 1.82) is 0 Å². The summed E-state index contributed by atoms with van der Waals surface area (Å²) in [5.74, 6) is 0.809. The van der Waals surface area contributed by atoms with Crippen LogP contribution in [0, 0.1) is 0 Å². The fourth-order valence-corrected chi connectivity index (χ4v) is 3.22. The molecule has 0 aliphatic heterocycles. The molecule has 2 aromatic rings. The molecule has 2 aromatic carbocycles. The average Bonchev–Trinajstić information content (AvgIpc) is 2.72. The third-order valence-electron chi connectivity index (χ3n) is 4.45. The number of benzene rings is 2. The molecule has 0 saturated carbocycles. The Labute approximate surface area is 169 Å². The van der Waals surface area contributed by atoms with Crippen LogP contribution in [0.5, 0.6) is 11.5 Å². The van der Waals surface area contributed by atoms with Crippen LogP contribution in [0.4, 0.5) is 9.59 Å². The second-order valence-electron chi connectivity index (χ2n) is 6.50. The lowest BCUT2D eigenvalue weighted by molar-refractivity contribution is 0.107. The van der Waals surface area contributed by atoms with Gasteiger partial charge in [-0.2, -0.15) is 0 Å². The molecule has 0 saturated heterocycles. The van der Waals surface area contributed by atoms with Gasteiger partial charge in [-0.3, -0.25) is 0 Å². The molecule has 150 valence electrons. The largest absolute Gasteiger partial charge is 0.514 e. The Morgan fingerprint density at radius 3 is 1.97 bits per heavy atom. The van der Waals surface area contributed by atoms with E-state index in [0.29, 0.717) is 35.1 Å². The van der Waals surface area contributed by atoms with Crippen LogP contribution in [0.15, 0.2) is 61.2 Å². The number of fused-ring (bicyclic) bond motifs is 2. The van der Waals surface area contributed by atoms with E-state index in [1.165, 1.54) is 12.2 Å². The molecule has 0 aromatic heterocycles. The summed E-state index contributed by atoms with van der Waals surface area (Å²) in [4.78, 5) is 24.3. The van der Waals surface area contributed by atoms with Gasteiger partial charge in [0.05, 0.1) is 0 Å². The van der Waals surface area contributed by atoms with E-state index in [4.69, 9.17) is 18.9 Å². The van der Waals surface area contributed by atoms with Crippen LogP contribution in [0.25, 0.3) is 10.8 Å². The lowest BCUT2D eigenvalue weighted by Crippen LogP contribution is -2.17. The van der Waals surface area contributed by atoms with Gasteiger partial charge in [-0.1, -0.05) is 61.2 Å². The van der Waals surface area contributed by atoms with Gasteiger partial charge in [0.2, 0.25) is 0 Å². The van der Waals surface area contributed by atoms with Gasteiger partial charge in [-0.15, -0.1) is 0 Å². The van der Waals surface area contributed by atoms with Crippen molar-refractivity contribution in [3.05, 3.63) is 72.4 Å². The number of hydrogen-bond donors (Lipinski definition) is 0. The summed E-state index contributed by atoms with van der Waals surface area (Å²) < 4.78 is 21.1. The summed E-state index contributed by atoms with van der Waals surface area (Å²) in [6, 6.07) is 7.25. The highest BCUT2D eigenvalue weighted by Crippen LogP contribution is 2.44. The smallest absolute Gasteiger partial charge is 0.430 e. The fraction of sp³-hybridized carbons (Fsp3) is 0.217. The normalized spacial score (nSPS) is 12.4. The van der Waals surface area contributed by atoms with Crippen LogP contribution in [0.1, 0.15) is 18.1 Å². The Kier molecular flexibility index (Phi) is 6.34. The molecular formula is C23H22O6. The van der Waals surface area contributed by atoms with Gasteiger partial charge in [-0.05, 0) is 19.8 Å².